The number of aliphatic hydroxyl groups is 1. The molecule has 1 saturated heterocycles. The highest BCUT2D eigenvalue weighted by molar-refractivity contribution is 5.87. The third kappa shape index (κ3) is 5.32. The van der Waals surface area contributed by atoms with Gasteiger partial charge in [0.1, 0.15) is 17.4 Å². The van der Waals surface area contributed by atoms with Gasteiger partial charge in [-0.25, -0.2) is 14.6 Å². The van der Waals surface area contributed by atoms with Crippen LogP contribution in [0.2, 0.25) is 0 Å². The van der Waals surface area contributed by atoms with Crippen LogP contribution in [0.4, 0.5) is 4.79 Å². The van der Waals surface area contributed by atoms with Crippen molar-refractivity contribution in [3.63, 3.8) is 0 Å². The molecule has 1 amide bonds. The maximum atomic E-state index is 12.7. The molecular formula is C22H26N2O5. The lowest BCUT2D eigenvalue weighted by atomic mass is 9.99. The molecule has 3 atom stereocenters. The Morgan fingerprint density at radius 2 is 1.83 bits per heavy atom. The third-order valence-electron chi connectivity index (χ3n) is 4.53. The van der Waals surface area contributed by atoms with Crippen molar-refractivity contribution in [1.29, 1.82) is 0 Å². The van der Waals surface area contributed by atoms with E-state index in [-0.39, 0.29) is 18.7 Å². The molecule has 0 bridgehead atoms. The van der Waals surface area contributed by atoms with Gasteiger partial charge in [-0.1, -0.05) is 36.4 Å². The number of amides is 1. The van der Waals surface area contributed by atoms with Crippen molar-refractivity contribution < 1.29 is 24.2 Å². The lowest BCUT2D eigenvalue weighted by Crippen LogP contribution is -2.43. The van der Waals surface area contributed by atoms with Gasteiger partial charge in [0.15, 0.2) is 0 Å². The maximum Gasteiger partial charge on any atom is 0.410 e. The number of aliphatic hydroxyl groups excluding tert-OH is 1. The van der Waals surface area contributed by atoms with Gasteiger partial charge in [-0.3, -0.25) is 4.90 Å². The number of nitrogens with zero attached hydrogens (tertiary/aromatic N) is 2. The van der Waals surface area contributed by atoms with Gasteiger partial charge in [0.05, 0.1) is 18.7 Å². The summed E-state index contributed by atoms with van der Waals surface area (Å²) in [4.78, 5) is 30.9. The van der Waals surface area contributed by atoms with E-state index in [1.807, 2.05) is 30.3 Å². The molecule has 0 saturated carbocycles. The van der Waals surface area contributed by atoms with Crippen LogP contribution in [-0.2, 0) is 9.47 Å². The molecule has 1 aromatic carbocycles. The monoisotopic (exact) mass is 398 g/mol. The summed E-state index contributed by atoms with van der Waals surface area (Å²) in [5.74, 6) is -0.593. The Morgan fingerprint density at radius 3 is 2.45 bits per heavy atom. The summed E-state index contributed by atoms with van der Waals surface area (Å²) < 4.78 is 11.3. The van der Waals surface area contributed by atoms with Crippen molar-refractivity contribution in [2.75, 3.05) is 6.54 Å². The molecule has 29 heavy (non-hydrogen) atoms. The first-order chi connectivity index (χ1) is 13.7. The van der Waals surface area contributed by atoms with E-state index in [1.165, 1.54) is 11.1 Å². The number of hydrogen-bond donors (Lipinski definition) is 1. The zero-order chi connectivity index (χ0) is 21.0. The van der Waals surface area contributed by atoms with E-state index < -0.39 is 35.9 Å². The molecule has 1 aliphatic heterocycles. The van der Waals surface area contributed by atoms with Crippen LogP contribution in [-0.4, -0.2) is 51.3 Å². The summed E-state index contributed by atoms with van der Waals surface area (Å²) in [5.41, 5.74) is 0.224. The number of pyridine rings is 1. The Balaban J connectivity index is 1.90. The largest absolute Gasteiger partial charge is 0.451 e. The van der Waals surface area contributed by atoms with Crippen LogP contribution < -0.4 is 0 Å². The van der Waals surface area contributed by atoms with E-state index >= 15 is 0 Å². The molecular weight excluding hydrogens is 372 g/mol. The number of ether oxygens (including phenoxy) is 2. The average Bonchev–Trinajstić information content (AvgIpc) is 3.07. The molecule has 1 fully saturated rings. The smallest absolute Gasteiger partial charge is 0.410 e. The Bertz CT molecular complexity index is 835. The predicted octanol–water partition coefficient (Wildman–Crippen LogP) is 3.35. The minimum absolute atomic E-state index is 0.115. The van der Waals surface area contributed by atoms with Gasteiger partial charge < -0.3 is 14.6 Å². The number of benzene rings is 1. The summed E-state index contributed by atoms with van der Waals surface area (Å²) in [7, 11) is 0. The van der Waals surface area contributed by atoms with Gasteiger partial charge in [-0.2, -0.15) is 0 Å². The normalized spacial score (nSPS) is 20.2. The van der Waals surface area contributed by atoms with E-state index in [1.54, 1.807) is 39.0 Å². The minimum Gasteiger partial charge on any atom is -0.451 e. The lowest BCUT2D eigenvalue weighted by Gasteiger charge is -2.32. The molecule has 1 N–H and O–H groups in total. The Kier molecular flexibility index (Phi) is 6.17. The van der Waals surface area contributed by atoms with Crippen LogP contribution in [0.15, 0.2) is 54.7 Å². The first-order valence-electron chi connectivity index (χ1n) is 9.59. The summed E-state index contributed by atoms with van der Waals surface area (Å²) in [6.45, 7) is 5.45. The number of β-amino-alcohol motifs (C(OH)–C–C–N with tert-alkyl or cyclic N) is 1. The van der Waals surface area contributed by atoms with Crippen LogP contribution in [0.5, 0.6) is 0 Å². The topological polar surface area (TPSA) is 89.0 Å². The highest BCUT2D eigenvalue weighted by atomic mass is 16.6. The second-order valence-electron chi connectivity index (χ2n) is 8.04. The molecule has 2 unspecified atom stereocenters. The van der Waals surface area contributed by atoms with Gasteiger partial charge in [-0.05, 0) is 44.9 Å². The van der Waals surface area contributed by atoms with Gasteiger partial charge in [0.2, 0.25) is 0 Å². The zero-order valence-corrected chi connectivity index (χ0v) is 16.8. The van der Waals surface area contributed by atoms with Crippen molar-refractivity contribution in [3.05, 3.63) is 66.0 Å². The predicted molar refractivity (Wildman–Crippen MR) is 106 cm³/mol. The molecule has 0 radical (unpaired) electrons. The summed E-state index contributed by atoms with van der Waals surface area (Å²) in [6.07, 6.45) is -0.258. The molecule has 0 spiro atoms. The Morgan fingerprint density at radius 1 is 1.14 bits per heavy atom. The van der Waals surface area contributed by atoms with Gasteiger partial charge in [0, 0.05) is 6.20 Å². The number of esters is 1. The number of carbonyl (C=O) groups is 2. The highest BCUT2D eigenvalue weighted by Gasteiger charge is 2.43. The number of carbonyl (C=O) groups excluding carboxylic acids is 2. The fraction of sp³-hybridized carbons (Fsp3) is 0.409. The number of likely N-dealkylation sites (tertiary alicyclic amines) is 1. The second-order valence-corrected chi connectivity index (χ2v) is 8.04. The molecule has 1 aromatic heterocycles. The molecule has 1 aliphatic rings. The van der Waals surface area contributed by atoms with Crippen molar-refractivity contribution in [1.82, 2.24) is 9.88 Å². The van der Waals surface area contributed by atoms with Crippen LogP contribution >= 0.6 is 0 Å². The highest BCUT2D eigenvalue weighted by Crippen LogP contribution is 2.34. The molecule has 2 heterocycles. The first kappa shape index (κ1) is 20.8. The SMILES string of the molecule is CC(C)(C)OC(=O)N1C[C@H](O)CC1C(OC(=O)c1ccccn1)c1ccccc1. The number of hydrogen-bond acceptors (Lipinski definition) is 6. The van der Waals surface area contributed by atoms with Crippen LogP contribution in [0.25, 0.3) is 0 Å². The number of rotatable bonds is 4. The van der Waals surface area contributed by atoms with E-state index in [4.69, 9.17) is 9.47 Å². The Hall–Kier alpha value is -2.93. The third-order valence-corrected chi connectivity index (χ3v) is 4.53. The van der Waals surface area contributed by atoms with Crippen molar-refractivity contribution in [2.24, 2.45) is 0 Å². The van der Waals surface area contributed by atoms with Crippen molar-refractivity contribution in [3.8, 4) is 0 Å². The molecule has 2 aromatic rings. The second kappa shape index (κ2) is 8.61. The van der Waals surface area contributed by atoms with Crippen LogP contribution in [0.1, 0.15) is 49.3 Å². The maximum absolute atomic E-state index is 12.7. The fourth-order valence-corrected chi connectivity index (χ4v) is 3.33. The van der Waals surface area contributed by atoms with E-state index in [2.05, 4.69) is 4.98 Å². The summed E-state index contributed by atoms with van der Waals surface area (Å²) in [6, 6.07) is 13.6. The molecule has 7 heteroatoms. The molecule has 7 nitrogen and oxygen atoms in total. The summed E-state index contributed by atoms with van der Waals surface area (Å²) >= 11 is 0. The van der Waals surface area contributed by atoms with E-state index in [0.29, 0.717) is 0 Å². The van der Waals surface area contributed by atoms with Crippen LogP contribution in [0, 0.1) is 0 Å². The Labute approximate surface area is 170 Å². The minimum atomic E-state index is -0.768. The molecule has 3 rings (SSSR count). The lowest BCUT2D eigenvalue weighted by molar-refractivity contribution is -0.0121. The number of aromatic nitrogens is 1. The van der Waals surface area contributed by atoms with Crippen molar-refractivity contribution >= 4 is 12.1 Å². The fourth-order valence-electron chi connectivity index (χ4n) is 3.33. The molecule has 0 aliphatic carbocycles. The van der Waals surface area contributed by atoms with Crippen LogP contribution in [0.3, 0.4) is 0 Å². The van der Waals surface area contributed by atoms with Gasteiger partial charge >= 0.3 is 12.1 Å². The van der Waals surface area contributed by atoms with Gasteiger partial charge in [-0.15, -0.1) is 0 Å². The average molecular weight is 398 g/mol. The van der Waals surface area contributed by atoms with Crippen molar-refractivity contribution in [2.45, 2.75) is 51.0 Å². The summed E-state index contributed by atoms with van der Waals surface area (Å²) in [5, 5.41) is 10.3. The molecule has 154 valence electrons. The standard InChI is InChI=1S/C22H26N2O5/c1-22(2,3)29-21(27)24-14-16(25)13-18(24)19(15-9-5-4-6-10-15)28-20(26)17-11-7-8-12-23-17/h4-12,16,18-19,25H,13-14H2,1-3H3/t16-,18?,19?/m1/s1. The zero-order valence-electron chi connectivity index (χ0n) is 16.8. The van der Waals surface area contributed by atoms with E-state index in [9.17, 15) is 14.7 Å². The van der Waals surface area contributed by atoms with E-state index in [0.717, 1.165) is 5.56 Å². The first-order valence-corrected chi connectivity index (χ1v) is 9.59. The van der Waals surface area contributed by atoms with Gasteiger partial charge in [0.25, 0.3) is 0 Å². The quantitative estimate of drug-likeness (QED) is 0.795.